The first-order valence-corrected chi connectivity index (χ1v) is 19.1. The van der Waals surface area contributed by atoms with E-state index in [1.807, 2.05) is 0 Å². The summed E-state index contributed by atoms with van der Waals surface area (Å²) in [6, 6.07) is 68.5. The lowest BCUT2D eigenvalue weighted by molar-refractivity contribution is 0.598. The Bertz CT molecular complexity index is 2000. The van der Waals surface area contributed by atoms with E-state index in [9.17, 15) is 0 Å². The molecular formula is C45H34P2. The van der Waals surface area contributed by atoms with Gasteiger partial charge in [0.1, 0.15) is 0 Å². The predicted octanol–water partition coefficient (Wildman–Crippen LogP) is 8.36. The second-order valence-electron chi connectivity index (χ2n) is 12.6. The maximum absolute atomic E-state index is 2.49. The van der Waals surface area contributed by atoms with Gasteiger partial charge in [-0.1, -0.05) is 182 Å². The molecule has 3 aliphatic rings. The average Bonchev–Trinajstić information content (AvgIpc) is 3.14. The standard InChI is InChI=1S/C45H34P2/c1-45-37-27-15-14-26-36(37)42(43-38(45)28-16-30-40(43)46(32-18-6-2-7-19-32)33-20-8-3-9-21-33)44-39(45)29-17-31-41(44)47(34-22-10-4-11-23-34)35-24-12-5-13-25-35/h2-31,42H,1H3. The van der Waals surface area contributed by atoms with Gasteiger partial charge in [-0.25, -0.2) is 0 Å². The van der Waals surface area contributed by atoms with Crippen molar-refractivity contribution in [2.45, 2.75) is 18.3 Å². The highest BCUT2D eigenvalue weighted by atomic mass is 31.1. The minimum absolute atomic E-state index is 0.153. The number of hydrogen-bond donors (Lipinski definition) is 0. The quantitative estimate of drug-likeness (QED) is 0.161. The second-order valence-corrected chi connectivity index (χ2v) is 17.0. The van der Waals surface area contributed by atoms with Gasteiger partial charge in [0.2, 0.25) is 0 Å². The highest BCUT2D eigenvalue weighted by Crippen LogP contribution is 2.60. The molecule has 7 aromatic carbocycles. The van der Waals surface area contributed by atoms with Crippen LogP contribution in [0.1, 0.15) is 46.2 Å². The Hall–Kier alpha value is -4.60. The topological polar surface area (TPSA) is 0 Å². The van der Waals surface area contributed by atoms with E-state index >= 15 is 0 Å². The van der Waals surface area contributed by atoms with Crippen LogP contribution in [0.4, 0.5) is 0 Å². The van der Waals surface area contributed by atoms with Gasteiger partial charge in [0.25, 0.3) is 0 Å². The van der Waals surface area contributed by atoms with Crippen LogP contribution >= 0.6 is 15.8 Å². The third-order valence-electron chi connectivity index (χ3n) is 10.2. The average molecular weight is 637 g/mol. The molecule has 0 unspecified atom stereocenters. The SMILES string of the molecule is CC12c3ccccc3C(c3c(P(c4ccccc4)c4ccccc4)cccc31)c1c(P(c3ccccc3)c3ccccc3)cccc12. The fourth-order valence-corrected chi connectivity index (χ4v) is 13.3. The second kappa shape index (κ2) is 11.6. The van der Waals surface area contributed by atoms with E-state index < -0.39 is 15.8 Å². The maximum atomic E-state index is 2.49. The Balaban J connectivity index is 1.37. The number of rotatable bonds is 6. The molecule has 224 valence electrons. The molecule has 0 spiro atoms. The third kappa shape index (κ3) is 4.43. The lowest BCUT2D eigenvalue weighted by Crippen LogP contribution is -2.45. The van der Waals surface area contributed by atoms with Gasteiger partial charge in [0, 0.05) is 11.3 Å². The van der Waals surface area contributed by atoms with Crippen LogP contribution in [0.3, 0.4) is 0 Å². The van der Waals surface area contributed by atoms with Crippen molar-refractivity contribution in [2.24, 2.45) is 0 Å². The lowest BCUT2D eigenvalue weighted by Gasteiger charge is -2.51. The van der Waals surface area contributed by atoms with Crippen LogP contribution in [0.15, 0.2) is 182 Å². The summed E-state index contributed by atoms with van der Waals surface area (Å²) in [5, 5.41) is 8.53. The van der Waals surface area contributed by atoms with Crippen molar-refractivity contribution < 1.29 is 0 Å². The molecule has 7 aromatic rings. The van der Waals surface area contributed by atoms with E-state index in [1.54, 1.807) is 0 Å². The van der Waals surface area contributed by atoms with Crippen LogP contribution in [0.5, 0.6) is 0 Å². The summed E-state index contributed by atoms with van der Waals surface area (Å²) < 4.78 is 0. The van der Waals surface area contributed by atoms with Crippen molar-refractivity contribution in [1.29, 1.82) is 0 Å². The van der Waals surface area contributed by atoms with Gasteiger partial charge in [-0.3, -0.25) is 0 Å². The van der Waals surface area contributed by atoms with E-state index in [1.165, 1.54) is 65.2 Å². The summed E-state index contributed by atoms with van der Waals surface area (Å²) in [4.78, 5) is 0. The first-order valence-electron chi connectivity index (χ1n) is 16.4. The van der Waals surface area contributed by atoms with Gasteiger partial charge in [-0.15, -0.1) is 0 Å². The van der Waals surface area contributed by atoms with Crippen LogP contribution in [0.25, 0.3) is 0 Å². The normalized spacial score (nSPS) is 17.3. The zero-order valence-electron chi connectivity index (χ0n) is 26.3. The molecule has 0 heterocycles. The van der Waals surface area contributed by atoms with E-state index in [4.69, 9.17) is 0 Å². The molecule has 0 aliphatic heterocycles. The monoisotopic (exact) mass is 636 g/mol. The highest BCUT2D eigenvalue weighted by Gasteiger charge is 2.51. The minimum Gasteiger partial charge on any atom is -0.0622 e. The Morgan fingerprint density at radius 2 is 0.702 bits per heavy atom. The van der Waals surface area contributed by atoms with Gasteiger partial charge in [-0.05, 0) is 88.0 Å². The Morgan fingerprint density at radius 3 is 1.11 bits per heavy atom. The van der Waals surface area contributed by atoms with Gasteiger partial charge in [0.05, 0.1) is 0 Å². The van der Waals surface area contributed by atoms with Crippen molar-refractivity contribution >= 4 is 47.7 Å². The van der Waals surface area contributed by atoms with E-state index in [-0.39, 0.29) is 11.3 Å². The molecule has 0 saturated heterocycles. The fourth-order valence-electron chi connectivity index (χ4n) is 8.23. The minimum atomic E-state index is -0.781. The largest absolute Gasteiger partial charge is 0.0622 e. The summed E-state index contributed by atoms with van der Waals surface area (Å²) in [7, 11) is -1.56. The molecule has 0 amide bonds. The molecular weight excluding hydrogens is 602 g/mol. The van der Waals surface area contributed by atoms with Gasteiger partial charge < -0.3 is 0 Å². The predicted molar refractivity (Wildman–Crippen MR) is 203 cm³/mol. The third-order valence-corrected chi connectivity index (χ3v) is 15.2. The molecule has 0 fully saturated rings. The van der Waals surface area contributed by atoms with E-state index in [0.717, 1.165) is 0 Å². The van der Waals surface area contributed by atoms with Crippen molar-refractivity contribution in [3.63, 3.8) is 0 Å². The molecule has 3 aliphatic carbocycles. The molecule has 2 heteroatoms. The number of benzene rings is 7. The van der Waals surface area contributed by atoms with Crippen molar-refractivity contribution in [2.75, 3.05) is 0 Å². The maximum Gasteiger partial charge on any atom is 0.0432 e. The molecule has 0 aromatic heterocycles. The van der Waals surface area contributed by atoms with Gasteiger partial charge in [-0.2, -0.15) is 0 Å². The summed E-state index contributed by atoms with van der Waals surface area (Å²) in [5.74, 6) is 0.153. The first kappa shape index (κ1) is 28.6. The molecule has 0 radical (unpaired) electrons. The molecule has 0 atom stereocenters. The molecule has 0 nitrogen and oxygen atoms in total. The molecule has 2 bridgehead atoms. The van der Waals surface area contributed by atoms with Crippen molar-refractivity contribution in [3.05, 3.63) is 215 Å². The molecule has 10 rings (SSSR count). The first-order chi connectivity index (χ1) is 23.2. The zero-order chi connectivity index (χ0) is 31.4. The van der Waals surface area contributed by atoms with Crippen LogP contribution < -0.4 is 31.8 Å². The van der Waals surface area contributed by atoms with Crippen LogP contribution in [-0.2, 0) is 5.41 Å². The van der Waals surface area contributed by atoms with Crippen LogP contribution in [0, 0.1) is 0 Å². The molecule has 47 heavy (non-hydrogen) atoms. The molecule has 0 N–H and O–H groups in total. The Morgan fingerprint density at radius 1 is 0.362 bits per heavy atom. The zero-order valence-corrected chi connectivity index (χ0v) is 28.1. The van der Waals surface area contributed by atoms with Crippen molar-refractivity contribution in [1.82, 2.24) is 0 Å². The summed E-state index contributed by atoms with van der Waals surface area (Å²) in [6.07, 6.45) is 0. The number of hydrogen-bond acceptors (Lipinski definition) is 0. The smallest absolute Gasteiger partial charge is 0.0432 e. The molecule has 0 saturated carbocycles. The summed E-state index contributed by atoms with van der Waals surface area (Å²) in [5.41, 5.74) is 8.61. The summed E-state index contributed by atoms with van der Waals surface area (Å²) >= 11 is 0. The Labute approximate surface area is 280 Å². The Kier molecular flexibility index (Phi) is 7.05. The fraction of sp³-hybridized carbons (Fsp3) is 0.0667. The highest BCUT2D eigenvalue weighted by molar-refractivity contribution is 7.80. The van der Waals surface area contributed by atoms with Gasteiger partial charge >= 0.3 is 0 Å². The lowest BCUT2D eigenvalue weighted by atomic mass is 9.54. The van der Waals surface area contributed by atoms with Gasteiger partial charge in [0.15, 0.2) is 0 Å². The van der Waals surface area contributed by atoms with Crippen LogP contribution in [0.2, 0.25) is 0 Å². The summed E-state index contributed by atoms with van der Waals surface area (Å²) in [6.45, 7) is 2.49. The van der Waals surface area contributed by atoms with E-state index in [0.29, 0.717) is 0 Å². The van der Waals surface area contributed by atoms with Crippen molar-refractivity contribution in [3.8, 4) is 0 Å². The van der Waals surface area contributed by atoms with Crippen LogP contribution in [-0.4, -0.2) is 0 Å². The van der Waals surface area contributed by atoms with E-state index in [2.05, 4.69) is 189 Å².